The predicted molar refractivity (Wildman–Crippen MR) is 49.1 cm³/mol. The molecule has 0 saturated heterocycles. The largest absolute Gasteiger partial charge is 0.373 e. The Bertz CT molecular complexity index is 438. The van der Waals surface area contributed by atoms with E-state index in [1.165, 1.54) is 12.3 Å². The predicted octanol–water partition coefficient (Wildman–Crippen LogP) is 2.54. The first kappa shape index (κ1) is 8.53. The summed E-state index contributed by atoms with van der Waals surface area (Å²) in [7, 11) is 0. The SMILES string of the molecule is OC(Cl)c1c[nH]c2cccc(F)c12. The van der Waals surface area contributed by atoms with Crippen LogP contribution in [-0.2, 0) is 0 Å². The lowest BCUT2D eigenvalue weighted by molar-refractivity contribution is 0.264. The molecule has 0 aliphatic heterocycles. The van der Waals surface area contributed by atoms with Crippen LogP contribution in [0.25, 0.3) is 10.9 Å². The molecule has 4 heteroatoms. The average Bonchev–Trinajstić information content (AvgIpc) is 2.49. The fraction of sp³-hybridized carbons (Fsp3) is 0.111. The molecule has 0 saturated carbocycles. The molecule has 13 heavy (non-hydrogen) atoms. The first-order chi connectivity index (χ1) is 6.20. The van der Waals surface area contributed by atoms with Crippen molar-refractivity contribution in [3.8, 4) is 0 Å². The Hall–Kier alpha value is -1.06. The lowest BCUT2D eigenvalue weighted by Gasteiger charge is -1.99. The Morgan fingerprint density at radius 1 is 1.46 bits per heavy atom. The van der Waals surface area contributed by atoms with Crippen molar-refractivity contribution in [1.82, 2.24) is 4.98 Å². The fourth-order valence-corrected chi connectivity index (χ4v) is 1.53. The minimum atomic E-state index is -1.18. The van der Waals surface area contributed by atoms with Crippen molar-refractivity contribution in [2.24, 2.45) is 0 Å². The van der Waals surface area contributed by atoms with E-state index in [-0.39, 0.29) is 5.82 Å². The van der Waals surface area contributed by atoms with E-state index in [1.54, 1.807) is 12.1 Å². The highest BCUT2D eigenvalue weighted by molar-refractivity contribution is 6.20. The van der Waals surface area contributed by atoms with Gasteiger partial charge in [-0.25, -0.2) is 4.39 Å². The van der Waals surface area contributed by atoms with E-state index < -0.39 is 5.56 Å². The molecular weight excluding hydrogens is 193 g/mol. The molecule has 0 spiro atoms. The lowest BCUT2D eigenvalue weighted by Crippen LogP contribution is -1.86. The highest BCUT2D eigenvalue weighted by atomic mass is 35.5. The molecule has 2 aromatic rings. The Morgan fingerprint density at radius 2 is 2.23 bits per heavy atom. The molecule has 2 N–H and O–H groups in total. The summed E-state index contributed by atoms with van der Waals surface area (Å²) in [6, 6.07) is 4.65. The van der Waals surface area contributed by atoms with Crippen LogP contribution in [0.4, 0.5) is 4.39 Å². The maximum atomic E-state index is 13.3. The van der Waals surface area contributed by atoms with Gasteiger partial charge in [-0.05, 0) is 12.1 Å². The normalized spacial score (nSPS) is 13.5. The zero-order valence-electron chi connectivity index (χ0n) is 6.59. The van der Waals surface area contributed by atoms with Gasteiger partial charge in [-0.1, -0.05) is 17.7 Å². The summed E-state index contributed by atoms with van der Waals surface area (Å²) in [5, 5.41) is 9.47. The number of benzene rings is 1. The van der Waals surface area contributed by atoms with Crippen LogP contribution in [0.1, 0.15) is 11.1 Å². The zero-order valence-corrected chi connectivity index (χ0v) is 7.35. The number of halogens is 2. The molecule has 1 aromatic heterocycles. The first-order valence-electron chi connectivity index (χ1n) is 3.78. The number of aromatic amines is 1. The number of rotatable bonds is 1. The van der Waals surface area contributed by atoms with Crippen LogP contribution in [0.2, 0.25) is 0 Å². The Labute approximate surface area is 79.0 Å². The highest BCUT2D eigenvalue weighted by Gasteiger charge is 2.12. The molecule has 68 valence electrons. The van der Waals surface area contributed by atoms with Gasteiger partial charge in [-0.15, -0.1) is 0 Å². The van der Waals surface area contributed by atoms with E-state index in [1.807, 2.05) is 0 Å². The van der Waals surface area contributed by atoms with Crippen molar-refractivity contribution in [1.29, 1.82) is 0 Å². The van der Waals surface area contributed by atoms with Crippen molar-refractivity contribution < 1.29 is 9.50 Å². The van der Waals surface area contributed by atoms with Crippen molar-refractivity contribution in [3.63, 3.8) is 0 Å². The van der Waals surface area contributed by atoms with Crippen LogP contribution in [0.3, 0.4) is 0 Å². The van der Waals surface area contributed by atoms with E-state index in [0.29, 0.717) is 16.5 Å². The molecule has 1 unspecified atom stereocenters. The maximum Gasteiger partial charge on any atom is 0.155 e. The second kappa shape index (κ2) is 3.01. The molecule has 2 nitrogen and oxygen atoms in total. The van der Waals surface area contributed by atoms with E-state index in [4.69, 9.17) is 16.7 Å². The van der Waals surface area contributed by atoms with Crippen LogP contribution < -0.4 is 0 Å². The third-order valence-electron chi connectivity index (χ3n) is 1.94. The number of aliphatic hydroxyl groups excluding tert-OH is 1. The van der Waals surface area contributed by atoms with Crippen molar-refractivity contribution in [2.75, 3.05) is 0 Å². The second-order valence-corrected chi connectivity index (χ2v) is 3.16. The Balaban J connectivity index is 2.79. The monoisotopic (exact) mass is 199 g/mol. The first-order valence-corrected chi connectivity index (χ1v) is 4.21. The van der Waals surface area contributed by atoms with Crippen LogP contribution in [0, 0.1) is 5.82 Å². The fourth-order valence-electron chi connectivity index (χ4n) is 1.35. The van der Waals surface area contributed by atoms with Gasteiger partial charge >= 0.3 is 0 Å². The van der Waals surface area contributed by atoms with Crippen molar-refractivity contribution >= 4 is 22.5 Å². The summed E-state index contributed by atoms with van der Waals surface area (Å²) in [6.45, 7) is 0. The number of aromatic nitrogens is 1. The average molecular weight is 200 g/mol. The standard InChI is InChI=1S/C9H7ClFNO/c10-9(13)5-4-12-7-3-1-2-6(11)8(5)7/h1-4,9,12-13H. The van der Waals surface area contributed by atoms with Gasteiger partial charge in [-0.3, -0.25) is 0 Å². The number of H-pyrrole nitrogens is 1. The van der Waals surface area contributed by atoms with E-state index in [2.05, 4.69) is 4.98 Å². The number of nitrogens with one attached hydrogen (secondary N) is 1. The minimum absolute atomic E-state index is 0.352. The summed E-state index contributed by atoms with van der Waals surface area (Å²) in [5.41, 5.74) is -0.171. The molecule has 0 amide bonds. The van der Waals surface area contributed by atoms with Crippen LogP contribution in [0.15, 0.2) is 24.4 Å². The Kier molecular flexibility index (Phi) is 1.98. The zero-order chi connectivity index (χ0) is 9.42. The van der Waals surface area contributed by atoms with Gasteiger partial charge in [0, 0.05) is 22.7 Å². The van der Waals surface area contributed by atoms with Crippen LogP contribution in [0.5, 0.6) is 0 Å². The molecule has 1 atom stereocenters. The summed E-state index contributed by atoms with van der Waals surface area (Å²) < 4.78 is 13.3. The van der Waals surface area contributed by atoms with Gasteiger partial charge in [0.05, 0.1) is 0 Å². The summed E-state index contributed by atoms with van der Waals surface area (Å²) in [4.78, 5) is 2.83. The summed E-state index contributed by atoms with van der Waals surface area (Å²) in [5.74, 6) is -0.381. The smallest absolute Gasteiger partial charge is 0.155 e. The molecule has 1 aromatic carbocycles. The number of hydrogen-bond donors (Lipinski definition) is 2. The Morgan fingerprint density at radius 3 is 2.92 bits per heavy atom. The molecule has 0 aliphatic carbocycles. The molecular formula is C9H7ClFNO. The van der Waals surface area contributed by atoms with E-state index in [0.717, 1.165) is 0 Å². The van der Waals surface area contributed by atoms with Gasteiger partial charge in [0.25, 0.3) is 0 Å². The van der Waals surface area contributed by atoms with Crippen molar-refractivity contribution in [3.05, 3.63) is 35.8 Å². The summed E-state index contributed by atoms with van der Waals surface area (Å²) in [6.07, 6.45) is 1.51. The third-order valence-corrected chi connectivity index (χ3v) is 2.18. The molecule has 0 bridgehead atoms. The van der Waals surface area contributed by atoms with E-state index in [9.17, 15) is 4.39 Å². The maximum absolute atomic E-state index is 13.3. The van der Waals surface area contributed by atoms with Gasteiger partial charge in [0.15, 0.2) is 5.56 Å². The van der Waals surface area contributed by atoms with Crippen molar-refractivity contribution in [2.45, 2.75) is 5.56 Å². The molecule has 0 fully saturated rings. The van der Waals surface area contributed by atoms with Crippen LogP contribution in [-0.4, -0.2) is 10.1 Å². The van der Waals surface area contributed by atoms with Gasteiger partial charge < -0.3 is 10.1 Å². The minimum Gasteiger partial charge on any atom is -0.373 e. The highest BCUT2D eigenvalue weighted by Crippen LogP contribution is 2.28. The van der Waals surface area contributed by atoms with Gasteiger partial charge in [0.1, 0.15) is 5.82 Å². The molecule has 0 aliphatic rings. The lowest BCUT2D eigenvalue weighted by atomic mass is 10.2. The molecule has 1 heterocycles. The number of aliphatic hydroxyl groups is 1. The van der Waals surface area contributed by atoms with Gasteiger partial charge in [0.2, 0.25) is 0 Å². The number of alkyl halides is 1. The summed E-state index contributed by atoms with van der Waals surface area (Å²) >= 11 is 5.46. The quantitative estimate of drug-likeness (QED) is 0.681. The topological polar surface area (TPSA) is 36.0 Å². The number of fused-ring (bicyclic) bond motifs is 1. The molecule has 2 rings (SSSR count). The molecule has 0 radical (unpaired) electrons. The van der Waals surface area contributed by atoms with Gasteiger partial charge in [-0.2, -0.15) is 0 Å². The van der Waals surface area contributed by atoms with E-state index >= 15 is 0 Å². The third kappa shape index (κ3) is 1.30. The second-order valence-electron chi connectivity index (χ2n) is 2.74. The number of hydrogen-bond acceptors (Lipinski definition) is 1. The van der Waals surface area contributed by atoms with Crippen LogP contribution >= 0.6 is 11.6 Å².